The number of amides is 1. The van der Waals surface area contributed by atoms with E-state index in [4.69, 9.17) is 0 Å². The molecule has 0 unspecified atom stereocenters. The van der Waals surface area contributed by atoms with Gasteiger partial charge < -0.3 is 15.4 Å². The van der Waals surface area contributed by atoms with Gasteiger partial charge in [0.05, 0.1) is 35.8 Å². The third-order valence-electron chi connectivity index (χ3n) is 3.57. The molecule has 28 heavy (non-hydrogen) atoms. The SMILES string of the molecule is O=C(Cn1ccc([N+](=O)[O-])n1)Nc1cnn(Cc2c(F)cc(F)c(F)c2F)c1. The van der Waals surface area contributed by atoms with Crippen LogP contribution in [0.1, 0.15) is 5.56 Å². The van der Waals surface area contributed by atoms with Crippen LogP contribution in [0.3, 0.4) is 0 Å². The van der Waals surface area contributed by atoms with E-state index in [-0.39, 0.29) is 18.3 Å². The van der Waals surface area contributed by atoms with Gasteiger partial charge in [0.1, 0.15) is 12.4 Å². The lowest BCUT2D eigenvalue weighted by Crippen LogP contribution is -2.18. The summed E-state index contributed by atoms with van der Waals surface area (Å²) in [6, 6.07) is 1.35. The fourth-order valence-electron chi connectivity index (χ4n) is 2.31. The summed E-state index contributed by atoms with van der Waals surface area (Å²) in [6.07, 6.45) is 3.62. The first-order valence-corrected chi connectivity index (χ1v) is 7.56. The largest absolute Gasteiger partial charge is 0.389 e. The van der Waals surface area contributed by atoms with Crippen LogP contribution < -0.4 is 5.32 Å². The van der Waals surface area contributed by atoms with E-state index in [0.717, 1.165) is 15.4 Å². The van der Waals surface area contributed by atoms with Crippen molar-refractivity contribution in [2.24, 2.45) is 0 Å². The first kappa shape index (κ1) is 19.0. The second-order valence-corrected chi connectivity index (χ2v) is 5.55. The van der Waals surface area contributed by atoms with Crippen molar-refractivity contribution in [3.05, 3.63) is 69.7 Å². The van der Waals surface area contributed by atoms with Gasteiger partial charge in [0.25, 0.3) is 0 Å². The molecule has 1 aromatic carbocycles. The second-order valence-electron chi connectivity index (χ2n) is 5.55. The molecule has 13 heteroatoms. The molecule has 1 amide bonds. The van der Waals surface area contributed by atoms with Gasteiger partial charge in [0.2, 0.25) is 5.91 Å². The molecule has 0 saturated heterocycles. The van der Waals surface area contributed by atoms with E-state index in [9.17, 15) is 32.5 Å². The average molecular weight is 398 g/mol. The van der Waals surface area contributed by atoms with Gasteiger partial charge >= 0.3 is 5.82 Å². The Labute approximate surface area is 153 Å². The van der Waals surface area contributed by atoms with Crippen LogP contribution in [0.15, 0.2) is 30.7 Å². The van der Waals surface area contributed by atoms with E-state index in [1.54, 1.807) is 0 Å². The molecule has 0 aliphatic carbocycles. The van der Waals surface area contributed by atoms with Crippen molar-refractivity contribution in [2.45, 2.75) is 13.1 Å². The smallest absolute Gasteiger partial charge is 0.358 e. The minimum atomic E-state index is -1.80. The van der Waals surface area contributed by atoms with Crippen LogP contribution in [-0.2, 0) is 17.9 Å². The van der Waals surface area contributed by atoms with Crippen LogP contribution in [0.4, 0.5) is 29.1 Å². The molecule has 0 atom stereocenters. The fourth-order valence-corrected chi connectivity index (χ4v) is 2.31. The van der Waals surface area contributed by atoms with E-state index in [1.165, 1.54) is 18.6 Å². The minimum Gasteiger partial charge on any atom is -0.358 e. The summed E-state index contributed by atoms with van der Waals surface area (Å²) in [5.41, 5.74) is -0.584. The van der Waals surface area contributed by atoms with E-state index >= 15 is 0 Å². The highest BCUT2D eigenvalue weighted by Crippen LogP contribution is 2.20. The van der Waals surface area contributed by atoms with E-state index in [0.29, 0.717) is 0 Å². The van der Waals surface area contributed by atoms with Crippen molar-refractivity contribution >= 4 is 17.4 Å². The molecule has 0 aliphatic heterocycles. The quantitative estimate of drug-likeness (QED) is 0.225. The van der Waals surface area contributed by atoms with E-state index < -0.39 is 52.0 Å². The normalized spacial score (nSPS) is 10.9. The summed E-state index contributed by atoms with van der Waals surface area (Å²) in [5, 5.41) is 20.3. The Bertz CT molecular complexity index is 1060. The van der Waals surface area contributed by atoms with Gasteiger partial charge in [-0.05, 0) is 4.92 Å². The molecule has 0 aliphatic rings. The molecule has 0 saturated carbocycles. The monoisotopic (exact) mass is 398 g/mol. The molecule has 146 valence electrons. The predicted octanol–water partition coefficient (Wildman–Crippen LogP) is 2.23. The Balaban J connectivity index is 1.66. The maximum atomic E-state index is 13.7. The number of halogens is 4. The molecule has 0 fully saturated rings. The topological polar surface area (TPSA) is 108 Å². The zero-order valence-electron chi connectivity index (χ0n) is 13.8. The molecule has 0 bridgehead atoms. The van der Waals surface area contributed by atoms with Crippen molar-refractivity contribution in [3.63, 3.8) is 0 Å². The number of rotatable bonds is 6. The second kappa shape index (κ2) is 7.46. The van der Waals surface area contributed by atoms with Crippen LogP contribution in [0.2, 0.25) is 0 Å². The highest BCUT2D eigenvalue weighted by atomic mass is 19.2. The summed E-state index contributed by atoms with van der Waals surface area (Å²) in [5.74, 6) is -7.41. The van der Waals surface area contributed by atoms with Gasteiger partial charge in [-0.3, -0.25) is 9.48 Å². The third kappa shape index (κ3) is 3.97. The van der Waals surface area contributed by atoms with Crippen molar-refractivity contribution in [2.75, 3.05) is 5.32 Å². The van der Waals surface area contributed by atoms with Gasteiger partial charge in [0.15, 0.2) is 17.5 Å². The zero-order chi connectivity index (χ0) is 20.4. The standard InChI is InChI=1S/C15H10F4N6O3/c16-10-3-11(17)15(19)14(18)9(10)6-24-5-8(4-20-24)21-13(26)7-23-2-1-12(22-23)25(27)28/h1-5H,6-7H2,(H,21,26). The van der Waals surface area contributed by atoms with E-state index in [1.807, 2.05) is 0 Å². The van der Waals surface area contributed by atoms with Gasteiger partial charge in [-0.1, -0.05) is 0 Å². The number of carbonyl (C=O) groups is 1. The van der Waals surface area contributed by atoms with Crippen LogP contribution in [0.25, 0.3) is 0 Å². The van der Waals surface area contributed by atoms with Gasteiger partial charge in [0, 0.05) is 17.8 Å². The Morgan fingerprint density at radius 3 is 2.61 bits per heavy atom. The molecular formula is C15H10F4N6O3. The van der Waals surface area contributed by atoms with Gasteiger partial charge in [-0.25, -0.2) is 17.6 Å². The van der Waals surface area contributed by atoms with Gasteiger partial charge in [-0.2, -0.15) is 9.78 Å². The maximum absolute atomic E-state index is 13.7. The zero-order valence-corrected chi connectivity index (χ0v) is 13.8. The summed E-state index contributed by atoms with van der Waals surface area (Å²) >= 11 is 0. The Morgan fingerprint density at radius 2 is 1.93 bits per heavy atom. The summed E-state index contributed by atoms with van der Waals surface area (Å²) in [4.78, 5) is 21.8. The van der Waals surface area contributed by atoms with Gasteiger partial charge in [-0.15, -0.1) is 0 Å². The molecule has 0 spiro atoms. The van der Waals surface area contributed by atoms with E-state index in [2.05, 4.69) is 15.5 Å². The summed E-state index contributed by atoms with van der Waals surface area (Å²) in [6.45, 7) is -0.873. The average Bonchev–Trinajstić information content (AvgIpc) is 3.26. The molecule has 3 aromatic rings. The lowest BCUT2D eigenvalue weighted by molar-refractivity contribution is -0.389. The highest BCUT2D eigenvalue weighted by molar-refractivity contribution is 5.90. The van der Waals surface area contributed by atoms with Crippen LogP contribution in [0.5, 0.6) is 0 Å². The highest BCUT2D eigenvalue weighted by Gasteiger charge is 2.20. The summed E-state index contributed by atoms with van der Waals surface area (Å²) < 4.78 is 55.7. The number of hydrogen-bond acceptors (Lipinski definition) is 5. The minimum absolute atomic E-state index is 0.148. The molecule has 0 radical (unpaired) electrons. The fraction of sp³-hybridized carbons (Fsp3) is 0.133. The maximum Gasteiger partial charge on any atom is 0.389 e. The molecule has 1 N–H and O–H groups in total. The molecule has 3 rings (SSSR count). The number of nitrogens with zero attached hydrogens (tertiary/aromatic N) is 5. The van der Waals surface area contributed by atoms with Crippen LogP contribution in [0, 0.1) is 33.4 Å². The van der Waals surface area contributed by atoms with Crippen molar-refractivity contribution in [3.8, 4) is 0 Å². The molecule has 2 heterocycles. The first-order chi connectivity index (χ1) is 13.2. The number of anilines is 1. The van der Waals surface area contributed by atoms with Crippen molar-refractivity contribution in [1.82, 2.24) is 19.6 Å². The number of nitro groups is 1. The molecular weight excluding hydrogens is 388 g/mol. The number of aromatic nitrogens is 4. The first-order valence-electron chi connectivity index (χ1n) is 7.56. The lowest BCUT2D eigenvalue weighted by Gasteiger charge is -2.07. The Morgan fingerprint density at radius 1 is 1.18 bits per heavy atom. The molecule has 2 aromatic heterocycles. The number of benzene rings is 1. The summed E-state index contributed by atoms with van der Waals surface area (Å²) in [7, 11) is 0. The Kier molecular flexibility index (Phi) is 5.06. The van der Waals surface area contributed by atoms with Crippen LogP contribution in [-0.4, -0.2) is 30.4 Å². The third-order valence-corrected chi connectivity index (χ3v) is 3.57. The lowest BCUT2D eigenvalue weighted by atomic mass is 10.2. The predicted molar refractivity (Wildman–Crippen MR) is 85.1 cm³/mol. The molecule has 9 nitrogen and oxygen atoms in total. The number of carbonyl (C=O) groups excluding carboxylic acids is 1. The van der Waals surface area contributed by atoms with Crippen LogP contribution >= 0.6 is 0 Å². The number of hydrogen-bond donors (Lipinski definition) is 1. The number of nitrogens with one attached hydrogen (secondary N) is 1. The van der Waals surface area contributed by atoms with Crippen molar-refractivity contribution in [1.29, 1.82) is 0 Å². The van der Waals surface area contributed by atoms with Crippen molar-refractivity contribution < 1.29 is 27.3 Å². The Hall–Kier alpha value is -3.77.